The molecular weight excluding hydrogens is 118 g/mol. The Labute approximate surface area is 53.1 Å². The number of likely N-dealkylation sites (N-methyl/N-ethyl adjacent to an activating group) is 1. The number of rotatable bonds is 3. The minimum absolute atomic E-state index is 0.823. The van der Waals surface area contributed by atoms with Crippen LogP contribution in [0.2, 0.25) is 0 Å². The van der Waals surface area contributed by atoms with Gasteiger partial charge in [0, 0.05) is 6.54 Å². The summed E-state index contributed by atoms with van der Waals surface area (Å²) in [7, 11) is 1.89. The Morgan fingerprint density at radius 2 is 2.56 bits per heavy atom. The number of tetrazole rings is 1. The fourth-order valence-electron chi connectivity index (χ4n) is 0.509. The quantitative estimate of drug-likeness (QED) is 0.559. The van der Waals surface area contributed by atoms with Gasteiger partial charge in [-0.15, -0.1) is 5.10 Å². The summed E-state index contributed by atoms with van der Waals surface area (Å²) in [5, 5.41) is 13.6. The minimum Gasteiger partial charge on any atom is -0.318 e. The van der Waals surface area contributed by atoms with E-state index in [1.54, 1.807) is 11.0 Å². The van der Waals surface area contributed by atoms with Crippen LogP contribution in [0.1, 0.15) is 0 Å². The fraction of sp³-hybridized carbons (Fsp3) is 0.750. The van der Waals surface area contributed by atoms with E-state index in [-0.39, 0.29) is 0 Å². The summed E-state index contributed by atoms with van der Waals surface area (Å²) in [5.41, 5.74) is 0. The Kier molecular flexibility index (Phi) is 2.14. The van der Waals surface area contributed by atoms with Crippen molar-refractivity contribution in [1.82, 2.24) is 25.5 Å². The highest BCUT2D eigenvalue weighted by Gasteiger charge is 1.87. The van der Waals surface area contributed by atoms with Crippen molar-refractivity contribution < 1.29 is 0 Å². The molecule has 0 amide bonds. The maximum atomic E-state index is 3.67. The third-order valence-corrected chi connectivity index (χ3v) is 0.982. The first-order valence-corrected chi connectivity index (χ1v) is 2.79. The molecular formula is C4H9N5. The molecule has 1 aromatic rings. The smallest absolute Gasteiger partial charge is 0.138 e. The molecule has 0 fully saturated rings. The Balaban J connectivity index is 2.30. The second-order valence-corrected chi connectivity index (χ2v) is 1.68. The highest BCUT2D eigenvalue weighted by molar-refractivity contribution is 4.47. The molecule has 0 spiro atoms. The molecule has 0 unspecified atom stereocenters. The molecule has 5 heteroatoms. The molecule has 0 aliphatic carbocycles. The van der Waals surface area contributed by atoms with Gasteiger partial charge < -0.3 is 5.32 Å². The van der Waals surface area contributed by atoms with Gasteiger partial charge in [-0.25, -0.2) is 4.68 Å². The highest BCUT2D eigenvalue weighted by atomic mass is 15.5. The molecule has 1 heterocycles. The van der Waals surface area contributed by atoms with Crippen molar-refractivity contribution in [2.45, 2.75) is 6.54 Å². The summed E-state index contributed by atoms with van der Waals surface area (Å²) >= 11 is 0. The number of nitrogens with one attached hydrogen (secondary N) is 1. The van der Waals surface area contributed by atoms with Gasteiger partial charge in [0.1, 0.15) is 6.33 Å². The largest absolute Gasteiger partial charge is 0.318 e. The Morgan fingerprint density at radius 3 is 3.11 bits per heavy atom. The average molecular weight is 127 g/mol. The SMILES string of the molecule is CNCCn1cnnn1. The lowest BCUT2D eigenvalue weighted by Gasteiger charge is -1.94. The van der Waals surface area contributed by atoms with Crippen molar-refractivity contribution in [3.05, 3.63) is 6.33 Å². The summed E-state index contributed by atoms with van der Waals surface area (Å²) in [5.74, 6) is 0. The summed E-state index contributed by atoms with van der Waals surface area (Å²) < 4.78 is 1.68. The van der Waals surface area contributed by atoms with Crippen LogP contribution in [0.25, 0.3) is 0 Å². The third-order valence-electron chi connectivity index (χ3n) is 0.982. The van der Waals surface area contributed by atoms with Crippen LogP contribution < -0.4 is 5.32 Å². The van der Waals surface area contributed by atoms with E-state index >= 15 is 0 Å². The van der Waals surface area contributed by atoms with Crippen molar-refractivity contribution in [3.63, 3.8) is 0 Å². The van der Waals surface area contributed by atoms with Crippen molar-refractivity contribution in [2.75, 3.05) is 13.6 Å². The summed E-state index contributed by atoms with van der Waals surface area (Å²) in [6.07, 6.45) is 1.59. The minimum atomic E-state index is 0.823. The zero-order valence-electron chi connectivity index (χ0n) is 5.28. The predicted molar refractivity (Wildman–Crippen MR) is 31.7 cm³/mol. The van der Waals surface area contributed by atoms with E-state index in [2.05, 4.69) is 20.8 Å². The first-order chi connectivity index (χ1) is 4.43. The van der Waals surface area contributed by atoms with E-state index < -0.39 is 0 Å². The van der Waals surface area contributed by atoms with Crippen LogP contribution in [0.3, 0.4) is 0 Å². The lowest BCUT2D eigenvalue weighted by atomic mass is 10.6. The Morgan fingerprint density at radius 1 is 1.67 bits per heavy atom. The van der Waals surface area contributed by atoms with Gasteiger partial charge in [0.25, 0.3) is 0 Å². The van der Waals surface area contributed by atoms with Gasteiger partial charge in [0.2, 0.25) is 0 Å². The fourth-order valence-corrected chi connectivity index (χ4v) is 0.509. The Bertz CT molecular complexity index is 146. The van der Waals surface area contributed by atoms with Gasteiger partial charge in [0.15, 0.2) is 0 Å². The first-order valence-electron chi connectivity index (χ1n) is 2.79. The zero-order valence-corrected chi connectivity index (χ0v) is 5.28. The lowest BCUT2D eigenvalue weighted by molar-refractivity contribution is 0.565. The van der Waals surface area contributed by atoms with E-state index in [1.807, 2.05) is 7.05 Å². The van der Waals surface area contributed by atoms with Crippen LogP contribution >= 0.6 is 0 Å². The lowest BCUT2D eigenvalue weighted by Crippen LogP contribution is -2.15. The summed E-state index contributed by atoms with van der Waals surface area (Å²) in [4.78, 5) is 0. The third kappa shape index (κ3) is 1.77. The molecule has 0 aliphatic heterocycles. The molecule has 0 radical (unpaired) electrons. The molecule has 1 N–H and O–H groups in total. The van der Waals surface area contributed by atoms with Crippen LogP contribution in [0.5, 0.6) is 0 Å². The highest BCUT2D eigenvalue weighted by Crippen LogP contribution is 1.72. The van der Waals surface area contributed by atoms with E-state index in [0.29, 0.717) is 0 Å². The van der Waals surface area contributed by atoms with Gasteiger partial charge >= 0.3 is 0 Å². The van der Waals surface area contributed by atoms with Gasteiger partial charge in [-0.2, -0.15) is 0 Å². The van der Waals surface area contributed by atoms with Crippen molar-refractivity contribution >= 4 is 0 Å². The van der Waals surface area contributed by atoms with Crippen LogP contribution in [-0.2, 0) is 6.54 Å². The first kappa shape index (κ1) is 6.15. The molecule has 0 saturated heterocycles. The molecule has 5 nitrogen and oxygen atoms in total. The van der Waals surface area contributed by atoms with Crippen molar-refractivity contribution in [3.8, 4) is 0 Å². The monoisotopic (exact) mass is 127 g/mol. The molecule has 0 aromatic carbocycles. The van der Waals surface area contributed by atoms with E-state index in [0.717, 1.165) is 13.1 Å². The molecule has 0 bridgehead atoms. The van der Waals surface area contributed by atoms with Gasteiger partial charge in [0.05, 0.1) is 6.54 Å². The Hall–Kier alpha value is -0.970. The molecule has 0 atom stereocenters. The average Bonchev–Trinajstić information content (AvgIpc) is 2.34. The second kappa shape index (κ2) is 3.13. The van der Waals surface area contributed by atoms with Crippen LogP contribution in [0, 0.1) is 0 Å². The maximum Gasteiger partial charge on any atom is 0.138 e. The standard InChI is InChI=1S/C4H9N5/c1-5-2-3-9-4-6-7-8-9/h4-5H,2-3H2,1H3. The van der Waals surface area contributed by atoms with Crippen LogP contribution in [0.15, 0.2) is 6.33 Å². The number of nitrogens with zero attached hydrogens (tertiary/aromatic N) is 4. The number of aromatic nitrogens is 4. The zero-order chi connectivity index (χ0) is 6.53. The number of hydrogen-bond acceptors (Lipinski definition) is 4. The molecule has 50 valence electrons. The normalized spacial score (nSPS) is 9.89. The summed E-state index contributed by atoms with van der Waals surface area (Å²) in [6, 6.07) is 0. The van der Waals surface area contributed by atoms with E-state index in [9.17, 15) is 0 Å². The molecule has 1 aromatic heterocycles. The summed E-state index contributed by atoms with van der Waals surface area (Å²) in [6.45, 7) is 1.72. The van der Waals surface area contributed by atoms with E-state index in [1.165, 1.54) is 0 Å². The van der Waals surface area contributed by atoms with Crippen molar-refractivity contribution in [1.29, 1.82) is 0 Å². The van der Waals surface area contributed by atoms with Crippen molar-refractivity contribution in [2.24, 2.45) is 0 Å². The molecule has 0 saturated carbocycles. The molecule has 9 heavy (non-hydrogen) atoms. The van der Waals surface area contributed by atoms with Gasteiger partial charge in [-0.3, -0.25) is 0 Å². The topological polar surface area (TPSA) is 55.6 Å². The maximum absolute atomic E-state index is 3.67. The number of hydrogen-bond donors (Lipinski definition) is 1. The second-order valence-electron chi connectivity index (χ2n) is 1.68. The molecule has 1 rings (SSSR count). The van der Waals surface area contributed by atoms with Gasteiger partial charge in [-0.05, 0) is 17.5 Å². The predicted octanol–water partition coefficient (Wildman–Crippen LogP) is -1.11. The van der Waals surface area contributed by atoms with Gasteiger partial charge in [-0.1, -0.05) is 0 Å². The van der Waals surface area contributed by atoms with Crippen LogP contribution in [0.4, 0.5) is 0 Å². The van der Waals surface area contributed by atoms with Crippen LogP contribution in [-0.4, -0.2) is 33.8 Å². The van der Waals surface area contributed by atoms with E-state index in [4.69, 9.17) is 0 Å². The molecule has 0 aliphatic rings.